The monoisotopic (exact) mass is 522 g/mol. The zero-order chi connectivity index (χ0) is 25.7. The molecule has 4 nitrogen and oxygen atoms in total. The van der Waals surface area contributed by atoms with E-state index >= 15 is 0 Å². The van der Waals surface area contributed by atoms with Crippen LogP contribution in [0, 0.1) is 5.41 Å². The van der Waals surface area contributed by atoms with Crippen molar-refractivity contribution in [2.24, 2.45) is 5.41 Å². The first-order valence-electron chi connectivity index (χ1n) is 10.9. The zero-order valence-corrected chi connectivity index (χ0v) is 20.8. The Balaban J connectivity index is 1.79. The molecule has 2 aromatic rings. The van der Waals surface area contributed by atoms with Crippen LogP contribution in [0.1, 0.15) is 50.7 Å². The molecule has 1 aliphatic carbocycles. The Morgan fingerprint density at radius 1 is 1.09 bits per heavy atom. The summed E-state index contributed by atoms with van der Waals surface area (Å²) in [6.45, 7) is 5.72. The fourth-order valence-electron chi connectivity index (χ4n) is 4.71. The summed E-state index contributed by atoms with van der Waals surface area (Å²) in [6, 6.07) is 9.56. The summed E-state index contributed by atoms with van der Waals surface area (Å²) < 4.78 is 39.7. The van der Waals surface area contributed by atoms with Gasteiger partial charge in [0.2, 0.25) is 0 Å². The molecule has 0 unspecified atom stereocenters. The highest BCUT2D eigenvalue weighted by Gasteiger charge is 2.42. The molecule has 0 fully saturated rings. The molecule has 1 atom stereocenters. The first kappa shape index (κ1) is 25.3. The average Bonchev–Trinajstić information content (AvgIpc) is 2.73. The van der Waals surface area contributed by atoms with Gasteiger partial charge in [0.05, 0.1) is 16.3 Å². The Morgan fingerprint density at radius 2 is 1.74 bits per heavy atom. The Bertz CT molecular complexity index is 1280. The van der Waals surface area contributed by atoms with Crippen molar-refractivity contribution < 1.29 is 22.8 Å². The normalized spacial score (nSPS) is 19.9. The topological polar surface area (TPSA) is 58.2 Å². The molecule has 4 rings (SSSR count). The van der Waals surface area contributed by atoms with E-state index in [2.05, 4.69) is 10.6 Å². The summed E-state index contributed by atoms with van der Waals surface area (Å²) in [4.78, 5) is 26.9. The quantitative estimate of drug-likeness (QED) is 0.446. The van der Waals surface area contributed by atoms with Crippen LogP contribution in [0.2, 0.25) is 10.0 Å². The summed E-state index contributed by atoms with van der Waals surface area (Å²) in [7, 11) is 0. The number of hydrogen-bond acceptors (Lipinski definition) is 3. The lowest BCUT2D eigenvalue weighted by Gasteiger charge is -2.39. The molecular weight excluding hydrogens is 500 g/mol. The van der Waals surface area contributed by atoms with Gasteiger partial charge < -0.3 is 10.6 Å². The van der Waals surface area contributed by atoms with Gasteiger partial charge in [-0.1, -0.05) is 49.2 Å². The van der Waals surface area contributed by atoms with E-state index in [-0.39, 0.29) is 27.5 Å². The minimum atomic E-state index is -4.60. The Morgan fingerprint density at radius 3 is 2.37 bits per heavy atom. The fourth-order valence-corrected chi connectivity index (χ4v) is 5.00. The number of amides is 1. The van der Waals surface area contributed by atoms with Crippen LogP contribution in [0.5, 0.6) is 0 Å². The molecule has 0 bridgehead atoms. The maximum Gasteiger partial charge on any atom is 0.416 e. The van der Waals surface area contributed by atoms with Gasteiger partial charge >= 0.3 is 6.18 Å². The van der Waals surface area contributed by atoms with Crippen molar-refractivity contribution in [2.75, 3.05) is 5.32 Å². The SMILES string of the molecule is CC1=C(C(=O)Nc2cc(C(F)(F)F)ccc2Cl)[C@@H](c2ccc(Cl)cc2)C2=C(CC(C)(C)CC2=O)N1. The molecule has 9 heteroatoms. The Labute approximate surface area is 211 Å². The highest BCUT2D eigenvalue weighted by atomic mass is 35.5. The fraction of sp³-hybridized carbons (Fsp3) is 0.308. The van der Waals surface area contributed by atoms with Gasteiger partial charge in [-0.15, -0.1) is 0 Å². The average molecular weight is 523 g/mol. The van der Waals surface area contributed by atoms with E-state index in [1.807, 2.05) is 13.8 Å². The lowest BCUT2D eigenvalue weighted by molar-refractivity contribution is -0.137. The Kier molecular flexibility index (Phi) is 6.53. The molecule has 184 valence electrons. The number of rotatable bonds is 3. The molecule has 0 radical (unpaired) electrons. The highest BCUT2D eigenvalue weighted by Crippen LogP contribution is 2.47. The molecule has 0 spiro atoms. The standard InChI is InChI=1S/C26H23Cl2F3N2O2/c1-13-21(24(35)33-18-10-15(26(29,30)31)6-9-17(18)28)22(14-4-7-16(27)8-5-14)23-19(32-13)11-25(2,3)12-20(23)34/h4-10,22,32H,11-12H2,1-3H3,(H,33,35)/t22-/m1/s1. The van der Waals surface area contributed by atoms with Crippen LogP contribution in [0.15, 0.2) is 65.0 Å². The lowest BCUT2D eigenvalue weighted by Crippen LogP contribution is -2.39. The molecule has 1 heterocycles. The predicted molar refractivity (Wildman–Crippen MR) is 130 cm³/mol. The molecule has 2 N–H and O–H groups in total. The molecule has 0 saturated carbocycles. The maximum absolute atomic E-state index is 13.5. The van der Waals surface area contributed by atoms with E-state index in [0.717, 1.165) is 23.9 Å². The predicted octanol–water partition coefficient (Wildman–Crippen LogP) is 7.25. The van der Waals surface area contributed by atoms with E-state index in [0.29, 0.717) is 34.7 Å². The van der Waals surface area contributed by atoms with Crippen molar-refractivity contribution >= 4 is 40.6 Å². The molecule has 35 heavy (non-hydrogen) atoms. The summed E-state index contributed by atoms with van der Waals surface area (Å²) in [6.07, 6.45) is -3.67. The van der Waals surface area contributed by atoms with Gasteiger partial charge in [0, 0.05) is 39.9 Å². The number of anilines is 1. The smallest absolute Gasteiger partial charge is 0.362 e. The van der Waals surface area contributed by atoms with Crippen molar-refractivity contribution in [2.45, 2.75) is 45.7 Å². The first-order chi connectivity index (χ1) is 16.3. The maximum atomic E-state index is 13.5. The number of nitrogens with one attached hydrogen (secondary N) is 2. The molecule has 0 saturated heterocycles. The molecule has 2 aliphatic rings. The van der Waals surface area contributed by atoms with Gasteiger partial charge in [0.25, 0.3) is 5.91 Å². The van der Waals surface area contributed by atoms with Crippen molar-refractivity contribution in [3.05, 3.63) is 86.2 Å². The number of carbonyl (C=O) groups excluding carboxylic acids is 2. The number of ketones is 1. The van der Waals surface area contributed by atoms with Crippen LogP contribution in [-0.2, 0) is 15.8 Å². The number of hydrogen-bond donors (Lipinski definition) is 2. The van der Waals surface area contributed by atoms with Gasteiger partial charge in [0.1, 0.15) is 0 Å². The third kappa shape index (κ3) is 5.11. The second-order valence-corrected chi connectivity index (χ2v) is 10.5. The minimum absolute atomic E-state index is 0.0354. The van der Waals surface area contributed by atoms with Crippen LogP contribution < -0.4 is 10.6 Å². The molecule has 1 aliphatic heterocycles. The van der Waals surface area contributed by atoms with Crippen LogP contribution >= 0.6 is 23.2 Å². The van der Waals surface area contributed by atoms with E-state index in [1.54, 1.807) is 31.2 Å². The second-order valence-electron chi connectivity index (χ2n) is 9.63. The van der Waals surface area contributed by atoms with E-state index in [1.165, 1.54) is 0 Å². The number of halogens is 5. The van der Waals surface area contributed by atoms with E-state index in [9.17, 15) is 22.8 Å². The summed E-state index contributed by atoms with van der Waals surface area (Å²) >= 11 is 12.2. The summed E-state index contributed by atoms with van der Waals surface area (Å²) in [5.74, 6) is -1.45. The summed E-state index contributed by atoms with van der Waals surface area (Å²) in [5, 5.41) is 6.21. The number of Topliss-reactive ketones (excluding diaryl/α,β-unsaturated/α-hetero) is 1. The lowest BCUT2D eigenvalue weighted by atomic mass is 9.68. The van der Waals surface area contributed by atoms with Gasteiger partial charge in [0.15, 0.2) is 5.78 Å². The molecule has 2 aromatic carbocycles. The third-order valence-corrected chi connectivity index (χ3v) is 6.81. The van der Waals surface area contributed by atoms with Crippen molar-refractivity contribution in [3.8, 4) is 0 Å². The van der Waals surface area contributed by atoms with Crippen LogP contribution in [0.3, 0.4) is 0 Å². The number of allylic oxidation sites excluding steroid dienone is 3. The van der Waals surface area contributed by atoms with E-state index in [4.69, 9.17) is 23.2 Å². The number of alkyl halides is 3. The minimum Gasteiger partial charge on any atom is -0.362 e. The van der Waals surface area contributed by atoms with Gasteiger partial charge in [-0.2, -0.15) is 13.2 Å². The molecule has 1 amide bonds. The first-order valence-corrected chi connectivity index (χ1v) is 11.7. The molecular formula is C26H23Cl2F3N2O2. The Hall–Kier alpha value is -2.77. The van der Waals surface area contributed by atoms with Crippen molar-refractivity contribution in [1.82, 2.24) is 5.32 Å². The molecule has 0 aromatic heterocycles. The van der Waals surface area contributed by atoms with Crippen LogP contribution in [-0.4, -0.2) is 11.7 Å². The van der Waals surface area contributed by atoms with Crippen molar-refractivity contribution in [3.63, 3.8) is 0 Å². The summed E-state index contributed by atoms with van der Waals surface area (Å²) in [5.41, 5.74) is 1.29. The zero-order valence-electron chi connectivity index (χ0n) is 19.2. The van der Waals surface area contributed by atoms with Crippen LogP contribution in [0.25, 0.3) is 0 Å². The van der Waals surface area contributed by atoms with E-state index < -0.39 is 23.6 Å². The number of dihydropyridines is 1. The van der Waals surface area contributed by atoms with Gasteiger partial charge in [-0.05, 0) is 54.7 Å². The highest BCUT2D eigenvalue weighted by molar-refractivity contribution is 6.34. The number of benzene rings is 2. The van der Waals surface area contributed by atoms with Crippen LogP contribution in [0.4, 0.5) is 18.9 Å². The second kappa shape index (κ2) is 9.03. The van der Waals surface area contributed by atoms with Crippen molar-refractivity contribution in [1.29, 1.82) is 0 Å². The largest absolute Gasteiger partial charge is 0.416 e. The van der Waals surface area contributed by atoms with Gasteiger partial charge in [-0.25, -0.2) is 0 Å². The number of carbonyl (C=O) groups is 2. The third-order valence-electron chi connectivity index (χ3n) is 6.23. The van der Waals surface area contributed by atoms with Gasteiger partial charge in [-0.3, -0.25) is 9.59 Å².